The summed E-state index contributed by atoms with van der Waals surface area (Å²) in [6.45, 7) is 3.28. The molecule has 2 heterocycles. The zero-order valence-electron chi connectivity index (χ0n) is 14.7. The highest BCUT2D eigenvalue weighted by atomic mass is 32.2. The zero-order chi connectivity index (χ0) is 17.9. The number of piperidine rings is 1. The van der Waals surface area contributed by atoms with E-state index in [0.717, 1.165) is 38.6 Å². The van der Waals surface area contributed by atoms with Crippen molar-refractivity contribution in [2.24, 2.45) is 0 Å². The van der Waals surface area contributed by atoms with Crippen LogP contribution in [0.5, 0.6) is 5.75 Å². The summed E-state index contributed by atoms with van der Waals surface area (Å²) in [7, 11) is -3.40. The lowest BCUT2D eigenvalue weighted by Gasteiger charge is -2.37. The molecule has 0 aliphatic carbocycles. The molecule has 1 fully saturated rings. The van der Waals surface area contributed by atoms with Crippen LogP contribution in [0.15, 0.2) is 18.2 Å². The minimum absolute atomic E-state index is 0.0611. The molecule has 2 aliphatic rings. The van der Waals surface area contributed by atoms with Gasteiger partial charge in [-0.25, -0.2) is 8.42 Å². The number of carbonyl (C=O) groups is 1. The minimum atomic E-state index is -3.40. The fourth-order valence-corrected chi connectivity index (χ4v) is 4.74. The van der Waals surface area contributed by atoms with E-state index in [4.69, 9.17) is 4.74 Å². The molecule has 7 heteroatoms. The topological polar surface area (TPSA) is 75.7 Å². The largest absolute Gasteiger partial charge is 0.493 e. The van der Waals surface area contributed by atoms with Crippen molar-refractivity contribution in [1.82, 2.24) is 4.90 Å². The Kier molecular flexibility index (Phi) is 5.51. The Morgan fingerprint density at radius 2 is 2.12 bits per heavy atom. The molecule has 0 bridgehead atoms. The molecule has 0 aromatic heterocycles. The Labute approximate surface area is 149 Å². The van der Waals surface area contributed by atoms with E-state index in [2.05, 4.69) is 4.72 Å². The molecular weight excluding hydrogens is 340 g/mol. The third kappa shape index (κ3) is 4.26. The molecule has 2 aliphatic heterocycles. The van der Waals surface area contributed by atoms with Crippen LogP contribution in [-0.4, -0.2) is 44.2 Å². The molecule has 1 aromatic rings. The van der Waals surface area contributed by atoms with Gasteiger partial charge < -0.3 is 9.64 Å². The number of anilines is 1. The van der Waals surface area contributed by atoms with E-state index in [0.29, 0.717) is 30.0 Å². The van der Waals surface area contributed by atoms with Crippen LogP contribution in [-0.2, 0) is 10.0 Å². The zero-order valence-corrected chi connectivity index (χ0v) is 15.5. The maximum atomic E-state index is 13.0. The van der Waals surface area contributed by atoms with Gasteiger partial charge in [0.2, 0.25) is 10.0 Å². The number of carbonyl (C=O) groups excluding carboxylic acids is 1. The first-order valence-corrected chi connectivity index (χ1v) is 10.7. The van der Waals surface area contributed by atoms with Gasteiger partial charge in [0.25, 0.3) is 5.91 Å². The van der Waals surface area contributed by atoms with Crippen molar-refractivity contribution in [2.75, 3.05) is 23.6 Å². The van der Waals surface area contributed by atoms with Crippen LogP contribution in [0.4, 0.5) is 5.69 Å². The third-order valence-electron chi connectivity index (χ3n) is 4.85. The molecule has 1 aromatic carbocycles. The van der Waals surface area contributed by atoms with E-state index in [-0.39, 0.29) is 17.7 Å². The molecular formula is C18H26N2O4S. The van der Waals surface area contributed by atoms with Crippen LogP contribution in [0.3, 0.4) is 0 Å². The number of unbranched alkanes of at least 4 members (excludes halogenated alkanes) is 1. The Bertz CT molecular complexity index is 733. The molecule has 0 radical (unpaired) electrons. The fraction of sp³-hybridized carbons (Fsp3) is 0.611. The number of sulfonamides is 1. The smallest absolute Gasteiger partial charge is 0.257 e. The quantitative estimate of drug-likeness (QED) is 0.869. The van der Waals surface area contributed by atoms with Crippen LogP contribution in [0.2, 0.25) is 0 Å². The summed E-state index contributed by atoms with van der Waals surface area (Å²) in [6, 6.07) is 5.18. The van der Waals surface area contributed by atoms with E-state index >= 15 is 0 Å². The lowest BCUT2D eigenvalue weighted by atomic mass is 9.97. The second-order valence-electron chi connectivity index (χ2n) is 6.77. The summed E-state index contributed by atoms with van der Waals surface area (Å²) in [5, 5.41) is 0. The van der Waals surface area contributed by atoms with E-state index in [9.17, 15) is 13.2 Å². The Hall–Kier alpha value is -1.76. The first-order valence-electron chi connectivity index (χ1n) is 9.08. The van der Waals surface area contributed by atoms with Gasteiger partial charge in [-0.1, -0.05) is 13.3 Å². The maximum absolute atomic E-state index is 13.0. The number of nitrogens with zero attached hydrogens (tertiary/aromatic N) is 1. The Morgan fingerprint density at radius 1 is 1.28 bits per heavy atom. The molecule has 6 nitrogen and oxygen atoms in total. The summed E-state index contributed by atoms with van der Waals surface area (Å²) in [5.74, 6) is 0.554. The molecule has 25 heavy (non-hydrogen) atoms. The van der Waals surface area contributed by atoms with Crippen molar-refractivity contribution in [2.45, 2.75) is 51.5 Å². The van der Waals surface area contributed by atoms with E-state index in [1.807, 2.05) is 11.8 Å². The van der Waals surface area contributed by atoms with Gasteiger partial charge in [-0.2, -0.15) is 0 Å². The van der Waals surface area contributed by atoms with Gasteiger partial charge in [0.1, 0.15) is 5.75 Å². The highest BCUT2D eigenvalue weighted by Gasteiger charge is 2.31. The van der Waals surface area contributed by atoms with E-state index in [1.54, 1.807) is 18.2 Å². The summed E-state index contributed by atoms with van der Waals surface area (Å²) in [5.41, 5.74) is 0.864. The second kappa shape index (κ2) is 7.64. The molecule has 1 saturated heterocycles. The Balaban J connectivity index is 1.86. The monoisotopic (exact) mass is 366 g/mol. The average Bonchev–Trinajstić information content (AvgIpc) is 2.59. The molecule has 1 atom stereocenters. The van der Waals surface area contributed by atoms with Crippen molar-refractivity contribution in [3.8, 4) is 5.75 Å². The van der Waals surface area contributed by atoms with Crippen LogP contribution >= 0.6 is 0 Å². The van der Waals surface area contributed by atoms with Gasteiger partial charge in [-0.05, 0) is 43.9 Å². The number of benzene rings is 1. The number of hydrogen-bond acceptors (Lipinski definition) is 4. The van der Waals surface area contributed by atoms with E-state index < -0.39 is 10.0 Å². The van der Waals surface area contributed by atoms with Gasteiger partial charge in [-0.15, -0.1) is 0 Å². The van der Waals surface area contributed by atoms with Gasteiger partial charge in [0.15, 0.2) is 0 Å². The summed E-state index contributed by atoms with van der Waals surface area (Å²) < 4.78 is 32.6. The lowest BCUT2D eigenvalue weighted by Crippen LogP contribution is -2.45. The predicted octanol–water partition coefficient (Wildman–Crippen LogP) is 3.01. The number of ether oxygens (including phenoxy) is 1. The second-order valence-corrected chi connectivity index (χ2v) is 8.61. The minimum Gasteiger partial charge on any atom is -0.493 e. The number of fused-ring (bicyclic) bond motifs is 2. The summed E-state index contributed by atoms with van der Waals surface area (Å²) in [4.78, 5) is 14.9. The van der Waals surface area contributed by atoms with Gasteiger partial charge in [-0.3, -0.25) is 9.52 Å². The number of amides is 1. The van der Waals surface area contributed by atoms with Crippen LogP contribution in [0, 0.1) is 0 Å². The maximum Gasteiger partial charge on any atom is 0.257 e. The number of rotatable bonds is 5. The van der Waals surface area contributed by atoms with Crippen molar-refractivity contribution >= 4 is 21.6 Å². The van der Waals surface area contributed by atoms with E-state index in [1.165, 1.54) is 0 Å². The molecule has 3 rings (SSSR count). The van der Waals surface area contributed by atoms with Crippen molar-refractivity contribution < 1.29 is 17.9 Å². The molecule has 0 saturated carbocycles. The molecule has 0 spiro atoms. The molecule has 1 amide bonds. The van der Waals surface area contributed by atoms with Gasteiger partial charge >= 0.3 is 0 Å². The fourth-order valence-electron chi connectivity index (χ4n) is 3.48. The summed E-state index contributed by atoms with van der Waals surface area (Å²) in [6.07, 6.45) is 5.43. The van der Waals surface area contributed by atoms with Crippen LogP contribution in [0.1, 0.15) is 55.8 Å². The van der Waals surface area contributed by atoms with Gasteiger partial charge in [0, 0.05) is 24.7 Å². The third-order valence-corrected chi connectivity index (χ3v) is 6.22. The van der Waals surface area contributed by atoms with Crippen LogP contribution in [0.25, 0.3) is 0 Å². The molecule has 1 N–H and O–H groups in total. The lowest BCUT2D eigenvalue weighted by molar-refractivity contribution is 0.0548. The van der Waals surface area contributed by atoms with Crippen LogP contribution < -0.4 is 9.46 Å². The SMILES string of the molecule is CCCCS(=O)(=O)Nc1ccc2c(c1)C(=O)N1CCCCC1CCO2. The first kappa shape index (κ1) is 18.0. The highest BCUT2D eigenvalue weighted by Crippen LogP contribution is 2.31. The summed E-state index contributed by atoms with van der Waals surface area (Å²) >= 11 is 0. The number of hydrogen-bond donors (Lipinski definition) is 1. The molecule has 138 valence electrons. The average molecular weight is 366 g/mol. The normalized spacial score (nSPS) is 20.8. The van der Waals surface area contributed by atoms with Crippen molar-refractivity contribution in [3.05, 3.63) is 23.8 Å². The number of nitrogens with one attached hydrogen (secondary N) is 1. The standard InChI is InChI=1S/C18H26N2O4S/c1-2-3-12-25(22,23)19-14-7-8-17-16(13-14)18(21)20-10-5-4-6-15(20)9-11-24-17/h7-8,13,15,19H,2-6,9-12H2,1H3. The van der Waals surface area contributed by atoms with Crippen molar-refractivity contribution in [1.29, 1.82) is 0 Å². The predicted molar refractivity (Wildman–Crippen MR) is 97.5 cm³/mol. The highest BCUT2D eigenvalue weighted by molar-refractivity contribution is 7.92. The van der Waals surface area contributed by atoms with Crippen molar-refractivity contribution in [3.63, 3.8) is 0 Å². The van der Waals surface area contributed by atoms with Gasteiger partial charge in [0.05, 0.1) is 17.9 Å². The molecule has 1 unspecified atom stereocenters. The first-order chi connectivity index (χ1) is 12.0. The Morgan fingerprint density at radius 3 is 2.92 bits per heavy atom.